The van der Waals surface area contributed by atoms with Crippen molar-refractivity contribution in [2.24, 2.45) is 5.92 Å². The van der Waals surface area contributed by atoms with Crippen LogP contribution in [-0.4, -0.2) is 31.4 Å². The molecule has 2 aromatic heterocycles. The zero-order chi connectivity index (χ0) is 16.7. The van der Waals surface area contributed by atoms with Crippen LogP contribution in [0.4, 0.5) is 5.69 Å². The predicted octanol–water partition coefficient (Wildman–Crippen LogP) is 1.79. The van der Waals surface area contributed by atoms with Crippen molar-refractivity contribution in [3.63, 3.8) is 0 Å². The Labute approximate surface area is 141 Å². The number of hydrogen-bond acceptors (Lipinski definition) is 5. The van der Waals surface area contributed by atoms with E-state index in [4.69, 9.17) is 0 Å². The molecule has 0 radical (unpaired) electrons. The SMILES string of the molecule is Cc1cnc2n(c1=O)C[C@H](C(=O)Nc1ccc3cn[nH]c3c1)CS2. The molecule has 0 unspecified atom stereocenters. The Morgan fingerprint density at radius 2 is 2.29 bits per heavy atom. The zero-order valence-corrected chi connectivity index (χ0v) is 13.8. The smallest absolute Gasteiger partial charge is 0.257 e. The molecule has 0 spiro atoms. The summed E-state index contributed by atoms with van der Waals surface area (Å²) in [5.74, 6) is 0.231. The summed E-state index contributed by atoms with van der Waals surface area (Å²) in [6.07, 6.45) is 3.32. The van der Waals surface area contributed by atoms with E-state index in [1.807, 2.05) is 18.2 Å². The van der Waals surface area contributed by atoms with Crippen LogP contribution in [0.15, 0.2) is 40.5 Å². The molecule has 0 fully saturated rings. The molecule has 1 aromatic carbocycles. The summed E-state index contributed by atoms with van der Waals surface area (Å²) >= 11 is 1.44. The Hall–Kier alpha value is -2.61. The zero-order valence-electron chi connectivity index (χ0n) is 12.9. The standard InChI is InChI=1S/C16H15N5O2S/c1-9-5-17-16-21(15(9)23)7-11(8-24-16)14(22)19-12-3-2-10-6-18-20-13(10)4-12/h2-6,11H,7-8H2,1H3,(H,18,20)(H,19,22)/t11-/m0/s1. The molecular weight excluding hydrogens is 326 g/mol. The van der Waals surface area contributed by atoms with Gasteiger partial charge < -0.3 is 5.32 Å². The summed E-state index contributed by atoms with van der Waals surface area (Å²) in [4.78, 5) is 29.1. The van der Waals surface area contributed by atoms with E-state index in [0.29, 0.717) is 28.7 Å². The molecule has 2 N–H and O–H groups in total. The molecule has 0 bridgehead atoms. The molecule has 1 aliphatic heterocycles. The van der Waals surface area contributed by atoms with Gasteiger partial charge in [0.1, 0.15) is 0 Å². The molecule has 8 heteroatoms. The largest absolute Gasteiger partial charge is 0.326 e. The number of H-pyrrole nitrogens is 1. The van der Waals surface area contributed by atoms with Crippen molar-refractivity contribution in [2.75, 3.05) is 11.1 Å². The van der Waals surface area contributed by atoms with Gasteiger partial charge in [0.25, 0.3) is 5.56 Å². The first-order valence-corrected chi connectivity index (χ1v) is 8.53. The van der Waals surface area contributed by atoms with E-state index in [0.717, 1.165) is 10.9 Å². The first-order chi connectivity index (χ1) is 11.6. The number of benzene rings is 1. The van der Waals surface area contributed by atoms with E-state index in [2.05, 4.69) is 20.5 Å². The van der Waals surface area contributed by atoms with Gasteiger partial charge in [-0.1, -0.05) is 11.8 Å². The van der Waals surface area contributed by atoms with Crippen molar-refractivity contribution in [1.29, 1.82) is 0 Å². The minimum Gasteiger partial charge on any atom is -0.326 e. The third-order valence-corrected chi connectivity index (χ3v) is 5.23. The fourth-order valence-electron chi connectivity index (χ4n) is 2.72. The highest BCUT2D eigenvalue weighted by Crippen LogP contribution is 2.26. The van der Waals surface area contributed by atoms with E-state index < -0.39 is 0 Å². The molecule has 1 amide bonds. The normalized spacial score (nSPS) is 16.8. The molecular formula is C16H15N5O2S. The first kappa shape index (κ1) is 14.9. The number of hydrogen-bond donors (Lipinski definition) is 2. The lowest BCUT2D eigenvalue weighted by Crippen LogP contribution is -2.37. The second-order valence-electron chi connectivity index (χ2n) is 5.81. The van der Waals surface area contributed by atoms with Crippen LogP contribution in [0.2, 0.25) is 0 Å². The molecule has 0 saturated carbocycles. The van der Waals surface area contributed by atoms with Crippen molar-refractivity contribution in [2.45, 2.75) is 18.6 Å². The van der Waals surface area contributed by atoms with Crippen molar-refractivity contribution < 1.29 is 4.79 Å². The molecule has 122 valence electrons. The second-order valence-corrected chi connectivity index (χ2v) is 6.80. The van der Waals surface area contributed by atoms with Gasteiger partial charge in [0, 0.05) is 35.1 Å². The Morgan fingerprint density at radius 1 is 1.42 bits per heavy atom. The number of aryl methyl sites for hydroxylation is 1. The summed E-state index contributed by atoms with van der Waals surface area (Å²) in [6, 6.07) is 5.59. The maximum absolute atomic E-state index is 12.6. The molecule has 1 atom stereocenters. The molecule has 4 rings (SSSR count). The van der Waals surface area contributed by atoms with E-state index in [-0.39, 0.29) is 17.4 Å². The molecule has 24 heavy (non-hydrogen) atoms. The molecule has 0 saturated heterocycles. The van der Waals surface area contributed by atoms with Crippen LogP contribution < -0.4 is 10.9 Å². The van der Waals surface area contributed by atoms with Crippen molar-refractivity contribution in [3.05, 3.63) is 46.5 Å². The van der Waals surface area contributed by atoms with E-state index in [9.17, 15) is 9.59 Å². The van der Waals surface area contributed by atoms with Crippen LogP contribution in [0.1, 0.15) is 5.56 Å². The summed E-state index contributed by atoms with van der Waals surface area (Å²) < 4.78 is 1.59. The quantitative estimate of drug-likeness (QED) is 0.693. The van der Waals surface area contributed by atoms with E-state index >= 15 is 0 Å². The molecule has 3 aromatic rings. The van der Waals surface area contributed by atoms with Gasteiger partial charge in [0.05, 0.1) is 17.6 Å². The van der Waals surface area contributed by atoms with Crippen LogP contribution in [-0.2, 0) is 11.3 Å². The van der Waals surface area contributed by atoms with Gasteiger partial charge in [-0.15, -0.1) is 0 Å². The maximum Gasteiger partial charge on any atom is 0.257 e. The fourth-order valence-corrected chi connectivity index (χ4v) is 3.77. The highest BCUT2D eigenvalue weighted by molar-refractivity contribution is 7.99. The summed E-state index contributed by atoms with van der Waals surface area (Å²) in [7, 11) is 0. The number of nitrogens with one attached hydrogen (secondary N) is 2. The average Bonchev–Trinajstić information content (AvgIpc) is 3.05. The van der Waals surface area contributed by atoms with Gasteiger partial charge >= 0.3 is 0 Å². The lowest BCUT2D eigenvalue weighted by Gasteiger charge is -2.24. The Morgan fingerprint density at radius 3 is 3.17 bits per heavy atom. The van der Waals surface area contributed by atoms with Crippen LogP contribution in [0.3, 0.4) is 0 Å². The number of fused-ring (bicyclic) bond motifs is 2. The van der Waals surface area contributed by atoms with Crippen LogP contribution in [0.25, 0.3) is 10.9 Å². The number of rotatable bonds is 2. The van der Waals surface area contributed by atoms with Crippen molar-refractivity contribution in [3.8, 4) is 0 Å². The minimum absolute atomic E-state index is 0.0797. The third kappa shape index (κ3) is 2.58. The first-order valence-electron chi connectivity index (χ1n) is 7.55. The maximum atomic E-state index is 12.6. The van der Waals surface area contributed by atoms with Crippen LogP contribution in [0, 0.1) is 12.8 Å². The average molecular weight is 341 g/mol. The lowest BCUT2D eigenvalue weighted by atomic mass is 10.1. The Bertz CT molecular complexity index is 994. The van der Waals surface area contributed by atoms with Gasteiger partial charge in [-0.05, 0) is 25.1 Å². The van der Waals surface area contributed by atoms with Crippen LogP contribution in [0.5, 0.6) is 0 Å². The highest BCUT2D eigenvalue weighted by Gasteiger charge is 2.27. The minimum atomic E-state index is -0.277. The topological polar surface area (TPSA) is 92.7 Å². The monoisotopic (exact) mass is 341 g/mol. The number of aromatic amines is 1. The van der Waals surface area contributed by atoms with Gasteiger partial charge in [-0.3, -0.25) is 19.3 Å². The van der Waals surface area contributed by atoms with Crippen molar-refractivity contribution in [1.82, 2.24) is 19.7 Å². The molecule has 0 aliphatic carbocycles. The summed E-state index contributed by atoms with van der Waals surface area (Å²) in [6.45, 7) is 2.09. The number of nitrogens with zero attached hydrogens (tertiary/aromatic N) is 3. The van der Waals surface area contributed by atoms with Gasteiger partial charge in [0.2, 0.25) is 5.91 Å². The fraction of sp³-hybridized carbons (Fsp3) is 0.250. The van der Waals surface area contributed by atoms with E-state index in [1.165, 1.54) is 11.8 Å². The number of carbonyl (C=O) groups excluding carboxylic acids is 1. The Kier molecular flexibility index (Phi) is 3.61. The van der Waals surface area contributed by atoms with E-state index in [1.54, 1.807) is 23.9 Å². The molecule has 3 heterocycles. The number of carbonyl (C=O) groups is 1. The molecule has 1 aliphatic rings. The second kappa shape index (κ2) is 5.79. The molecule has 7 nitrogen and oxygen atoms in total. The number of anilines is 1. The summed E-state index contributed by atoms with van der Waals surface area (Å²) in [5.41, 5.74) is 2.09. The van der Waals surface area contributed by atoms with Gasteiger partial charge in [0.15, 0.2) is 5.16 Å². The number of amides is 1. The summed E-state index contributed by atoms with van der Waals surface area (Å²) in [5, 5.41) is 11.4. The van der Waals surface area contributed by atoms with Gasteiger partial charge in [-0.25, -0.2) is 4.98 Å². The third-order valence-electron chi connectivity index (χ3n) is 4.08. The lowest BCUT2D eigenvalue weighted by molar-refractivity contribution is -0.119. The number of thioether (sulfide) groups is 1. The van der Waals surface area contributed by atoms with Gasteiger partial charge in [-0.2, -0.15) is 5.10 Å². The Balaban J connectivity index is 1.54. The predicted molar refractivity (Wildman–Crippen MR) is 92.2 cm³/mol. The number of aromatic nitrogens is 4. The van der Waals surface area contributed by atoms with Crippen molar-refractivity contribution >= 4 is 34.3 Å². The van der Waals surface area contributed by atoms with Crippen LogP contribution >= 0.6 is 11.8 Å². The highest BCUT2D eigenvalue weighted by atomic mass is 32.2.